The van der Waals surface area contributed by atoms with E-state index in [1.165, 1.54) is 38.5 Å². The van der Waals surface area contributed by atoms with E-state index in [9.17, 15) is 0 Å². The molecular formula is C15H30N2O. The van der Waals surface area contributed by atoms with E-state index in [-0.39, 0.29) is 0 Å². The number of nitrogens with zero attached hydrogens (tertiary/aromatic N) is 1. The van der Waals surface area contributed by atoms with Gasteiger partial charge in [0.2, 0.25) is 0 Å². The lowest BCUT2D eigenvalue weighted by atomic mass is 9.98. The normalized spacial score (nSPS) is 38.0. The second kappa shape index (κ2) is 6.88. The minimum absolute atomic E-state index is 0.403. The zero-order valence-electron chi connectivity index (χ0n) is 12.3. The van der Waals surface area contributed by atoms with Crippen molar-refractivity contribution in [2.75, 3.05) is 20.2 Å². The third-order valence-corrected chi connectivity index (χ3v) is 4.83. The molecule has 4 unspecified atom stereocenters. The van der Waals surface area contributed by atoms with E-state index >= 15 is 0 Å². The van der Waals surface area contributed by atoms with Gasteiger partial charge >= 0.3 is 0 Å². The molecule has 1 aliphatic heterocycles. The third kappa shape index (κ3) is 3.25. The molecule has 4 atom stereocenters. The zero-order valence-corrected chi connectivity index (χ0v) is 12.3. The highest BCUT2D eigenvalue weighted by Gasteiger charge is 2.35. The summed E-state index contributed by atoms with van der Waals surface area (Å²) in [5.74, 6) is 0. The highest BCUT2D eigenvalue weighted by molar-refractivity contribution is 4.91. The summed E-state index contributed by atoms with van der Waals surface area (Å²) in [4.78, 5) is 2.62. The fourth-order valence-corrected chi connectivity index (χ4v) is 3.78. The fourth-order valence-electron chi connectivity index (χ4n) is 3.78. The molecular weight excluding hydrogens is 224 g/mol. The summed E-state index contributed by atoms with van der Waals surface area (Å²) >= 11 is 0. The van der Waals surface area contributed by atoms with Gasteiger partial charge in [-0.2, -0.15) is 0 Å². The molecule has 3 heteroatoms. The number of likely N-dealkylation sites (N-methyl/N-ethyl adjacent to an activating group) is 2. The van der Waals surface area contributed by atoms with E-state index in [4.69, 9.17) is 4.74 Å². The lowest BCUT2D eigenvalue weighted by Gasteiger charge is -2.38. The molecule has 1 N–H and O–H groups in total. The van der Waals surface area contributed by atoms with Crippen molar-refractivity contribution in [1.82, 2.24) is 10.2 Å². The molecule has 106 valence electrons. The fraction of sp³-hybridized carbons (Fsp3) is 1.00. The number of hydrogen-bond donors (Lipinski definition) is 1. The van der Waals surface area contributed by atoms with Crippen molar-refractivity contribution in [2.24, 2.45) is 0 Å². The first-order valence-electron chi connectivity index (χ1n) is 7.81. The van der Waals surface area contributed by atoms with E-state index < -0.39 is 0 Å². The van der Waals surface area contributed by atoms with Crippen LogP contribution in [-0.2, 0) is 4.74 Å². The average molecular weight is 254 g/mol. The SMILES string of the molecule is CCNC1CCCCCC1N(C)C1CCOC1C. The molecule has 0 aromatic carbocycles. The van der Waals surface area contributed by atoms with Crippen LogP contribution in [0, 0.1) is 0 Å². The molecule has 0 amide bonds. The average Bonchev–Trinajstić information content (AvgIpc) is 2.65. The quantitative estimate of drug-likeness (QED) is 0.780. The van der Waals surface area contributed by atoms with Crippen LogP contribution in [-0.4, -0.2) is 49.3 Å². The molecule has 18 heavy (non-hydrogen) atoms. The van der Waals surface area contributed by atoms with Crippen LogP contribution in [0.25, 0.3) is 0 Å². The predicted octanol–water partition coefficient (Wildman–Crippen LogP) is 2.41. The van der Waals surface area contributed by atoms with E-state index in [1.807, 2.05) is 0 Å². The van der Waals surface area contributed by atoms with E-state index in [2.05, 4.69) is 31.1 Å². The van der Waals surface area contributed by atoms with Crippen molar-refractivity contribution in [3.05, 3.63) is 0 Å². The summed E-state index contributed by atoms with van der Waals surface area (Å²) in [7, 11) is 2.32. The smallest absolute Gasteiger partial charge is 0.0703 e. The molecule has 1 aliphatic carbocycles. The monoisotopic (exact) mass is 254 g/mol. The second-order valence-electron chi connectivity index (χ2n) is 5.97. The second-order valence-corrected chi connectivity index (χ2v) is 5.97. The minimum atomic E-state index is 0.403. The molecule has 3 nitrogen and oxygen atoms in total. The first-order valence-corrected chi connectivity index (χ1v) is 7.81. The van der Waals surface area contributed by atoms with Gasteiger partial charge in [-0.3, -0.25) is 4.90 Å². The first-order chi connectivity index (χ1) is 8.74. The lowest BCUT2D eigenvalue weighted by Crippen LogP contribution is -2.53. The Morgan fingerprint density at radius 1 is 1.11 bits per heavy atom. The first kappa shape index (κ1) is 14.3. The van der Waals surface area contributed by atoms with Gasteiger partial charge in [0.1, 0.15) is 0 Å². The van der Waals surface area contributed by atoms with Gasteiger partial charge in [0.25, 0.3) is 0 Å². The Kier molecular flexibility index (Phi) is 5.46. The largest absolute Gasteiger partial charge is 0.377 e. The van der Waals surface area contributed by atoms with Crippen LogP contribution in [0.4, 0.5) is 0 Å². The predicted molar refractivity (Wildman–Crippen MR) is 75.9 cm³/mol. The summed E-state index contributed by atoms with van der Waals surface area (Å²) in [6, 6.07) is 1.99. The Bertz CT molecular complexity index is 247. The summed E-state index contributed by atoms with van der Waals surface area (Å²) in [6.07, 6.45) is 8.47. The number of nitrogens with one attached hydrogen (secondary N) is 1. The summed E-state index contributed by atoms with van der Waals surface area (Å²) in [5.41, 5.74) is 0. The number of ether oxygens (including phenoxy) is 1. The maximum atomic E-state index is 5.74. The molecule has 1 saturated carbocycles. The van der Waals surface area contributed by atoms with Gasteiger partial charge in [0.15, 0.2) is 0 Å². The molecule has 2 aliphatic rings. The van der Waals surface area contributed by atoms with Crippen molar-refractivity contribution < 1.29 is 4.74 Å². The Morgan fingerprint density at radius 3 is 2.56 bits per heavy atom. The van der Waals surface area contributed by atoms with Crippen LogP contribution in [0.1, 0.15) is 52.4 Å². The molecule has 2 rings (SSSR count). The number of rotatable bonds is 4. The Balaban J connectivity index is 2.01. The molecule has 2 fully saturated rings. The summed E-state index contributed by atoms with van der Waals surface area (Å²) in [5, 5.41) is 3.71. The molecule has 0 spiro atoms. The van der Waals surface area contributed by atoms with Crippen LogP contribution < -0.4 is 5.32 Å². The minimum Gasteiger partial charge on any atom is -0.377 e. The Labute approximate surface area is 112 Å². The van der Waals surface area contributed by atoms with Gasteiger partial charge in [-0.1, -0.05) is 26.2 Å². The number of hydrogen-bond acceptors (Lipinski definition) is 3. The van der Waals surface area contributed by atoms with Gasteiger partial charge in [-0.25, -0.2) is 0 Å². The zero-order chi connectivity index (χ0) is 13.0. The standard InChI is InChI=1S/C15H30N2O/c1-4-16-13-8-6-5-7-9-15(13)17(3)14-10-11-18-12(14)2/h12-16H,4-11H2,1-3H3. The van der Waals surface area contributed by atoms with Crippen molar-refractivity contribution >= 4 is 0 Å². The van der Waals surface area contributed by atoms with Crippen LogP contribution in [0.15, 0.2) is 0 Å². The van der Waals surface area contributed by atoms with Crippen LogP contribution >= 0.6 is 0 Å². The lowest BCUT2D eigenvalue weighted by molar-refractivity contribution is 0.0562. The topological polar surface area (TPSA) is 24.5 Å². The van der Waals surface area contributed by atoms with Gasteiger partial charge in [0, 0.05) is 24.7 Å². The molecule has 1 saturated heterocycles. The van der Waals surface area contributed by atoms with Gasteiger partial charge in [-0.05, 0) is 39.8 Å². The third-order valence-electron chi connectivity index (χ3n) is 4.83. The molecule has 1 heterocycles. The highest BCUT2D eigenvalue weighted by Crippen LogP contribution is 2.27. The molecule has 0 aromatic rings. The van der Waals surface area contributed by atoms with Crippen molar-refractivity contribution in [2.45, 2.75) is 76.6 Å². The van der Waals surface area contributed by atoms with Crippen molar-refractivity contribution in [3.8, 4) is 0 Å². The molecule has 0 bridgehead atoms. The van der Waals surface area contributed by atoms with E-state index in [0.29, 0.717) is 24.2 Å². The highest BCUT2D eigenvalue weighted by atomic mass is 16.5. The summed E-state index contributed by atoms with van der Waals surface area (Å²) < 4.78 is 5.74. The van der Waals surface area contributed by atoms with Gasteiger partial charge < -0.3 is 10.1 Å². The summed E-state index contributed by atoms with van der Waals surface area (Å²) in [6.45, 7) is 6.48. The van der Waals surface area contributed by atoms with E-state index in [0.717, 1.165) is 13.2 Å². The van der Waals surface area contributed by atoms with Crippen LogP contribution in [0.2, 0.25) is 0 Å². The van der Waals surface area contributed by atoms with Crippen LogP contribution in [0.5, 0.6) is 0 Å². The van der Waals surface area contributed by atoms with Gasteiger partial charge in [-0.15, -0.1) is 0 Å². The molecule has 0 aromatic heterocycles. The maximum Gasteiger partial charge on any atom is 0.0703 e. The van der Waals surface area contributed by atoms with Gasteiger partial charge in [0.05, 0.1) is 6.10 Å². The van der Waals surface area contributed by atoms with Crippen molar-refractivity contribution in [1.29, 1.82) is 0 Å². The maximum absolute atomic E-state index is 5.74. The Morgan fingerprint density at radius 2 is 1.89 bits per heavy atom. The van der Waals surface area contributed by atoms with E-state index in [1.54, 1.807) is 0 Å². The Hall–Kier alpha value is -0.120. The van der Waals surface area contributed by atoms with Crippen LogP contribution in [0.3, 0.4) is 0 Å². The van der Waals surface area contributed by atoms with Crippen molar-refractivity contribution in [3.63, 3.8) is 0 Å². The molecule has 0 radical (unpaired) electrons.